The summed E-state index contributed by atoms with van der Waals surface area (Å²) in [6.45, 7) is 2.08. The summed E-state index contributed by atoms with van der Waals surface area (Å²) in [5.74, 6) is 1.06. The van der Waals surface area contributed by atoms with E-state index in [1.54, 1.807) is 19.2 Å². The van der Waals surface area contributed by atoms with Crippen LogP contribution in [0.3, 0.4) is 0 Å². The second kappa shape index (κ2) is 8.19. The van der Waals surface area contributed by atoms with Gasteiger partial charge in [-0.15, -0.1) is 0 Å². The van der Waals surface area contributed by atoms with E-state index in [-0.39, 0.29) is 18.0 Å². The van der Waals surface area contributed by atoms with Gasteiger partial charge in [-0.25, -0.2) is 0 Å². The molecular formula is C24H24ClN2O2+. The number of aromatic hydroxyl groups is 1. The van der Waals surface area contributed by atoms with Crippen molar-refractivity contribution >= 4 is 17.3 Å². The fourth-order valence-electron chi connectivity index (χ4n) is 3.61. The normalized spacial score (nSPS) is 18.7. The molecule has 2 unspecified atom stereocenters. The Morgan fingerprint density at radius 1 is 1.00 bits per heavy atom. The van der Waals surface area contributed by atoms with E-state index in [0.29, 0.717) is 5.02 Å². The van der Waals surface area contributed by atoms with Crippen LogP contribution in [0.5, 0.6) is 11.5 Å². The van der Waals surface area contributed by atoms with Crippen molar-refractivity contribution in [2.45, 2.75) is 19.1 Å². The largest absolute Gasteiger partial charge is 0.507 e. The molecule has 1 aliphatic heterocycles. The maximum absolute atomic E-state index is 10.5. The van der Waals surface area contributed by atoms with E-state index in [1.807, 2.05) is 30.3 Å². The SMILES string of the molecule is COc1ccc(C2=CC(c3cc(Cl)ccc3O)[NH2+]C(c3ccc(C)cc3)N2)cc1. The van der Waals surface area contributed by atoms with Gasteiger partial charge in [-0.1, -0.05) is 41.4 Å². The summed E-state index contributed by atoms with van der Waals surface area (Å²) in [5.41, 5.74) is 5.25. The van der Waals surface area contributed by atoms with E-state index in [0.717, 1.165) is 22.6 Å². The van der Waals surface area contributed by atoms with Crippen LogP contribution in [0, 0.1) is 6.92 Å². The van der Waals surface area contributed by atoms with Crippen LogP contribution in [0.25, 0.3) is 5.70 Å². The van der Waals surface area contributed by atoms with E-state index in [1.165, 1.54) is 11.1 Å². The van der Waals surface area contributed by atoms with Crippen LogP contribution in [0.15, 0.2) is 72.8 Å². The Balaban J connectivity index is 1.75. The Bertz CT molecular complexity index is 1030. The second-order valence-electron chi connectivity index (χ2n) is 7.26. The molecule has 0 bridgehead atoms. The van der Waals surface area contributed by atoms with E-state index in [4.69, 9.17) is 16.3 Å². The van der Waals surface area contributed by atoms with Gasteiger partial charge in [0.1, 0.15) is 17.5 Å². The zero-order valence-electron chi connectivity index (χ0n) is 16.4. The Morgan fingerprint density at radius 3 is 2.41 bits per heavy atom. The van der Waals surface area contributed by atoms with Crippen molar-refractivity contribution in [2.75, 3.05) is 7.11 Å². The number of methoxy groups -OCH3 is 1. The lowest BCUT2D eigenvalue weighted by atomic mass is 9.97. The van der Waals surface area contributed by atoms with Gasteiger partial charge in [0, 0.05) is 22.4 Å². The molecule has 3 aromatic carbocycles. The first-order chi connectivity index (χ1) is 14.0. The number of nitrogens with one attached hydrogen (secondary N) is 1. The predicted molar refractivity (Wildman–Crippen MR) is 116 cm³/mol. The molecule has 2 atom stereocenters. The van der Waals surface area contributed by atoms with Crippen LogP contribution in [0.2, 0.25) is 5.02 Å². The minimum absolute atomic E-state index is 0.00100. The third-order valence-corrected chi connectivity index (χ3v) is 5.48. The van der Waals surface area contributed by atoms with Crippen LogP contribution in [-0.2, 0) is 0 Å². The molecule has 0 aliphatic carbocycles. The van der Waals surface area contributed by atoms with Crippen molar-refractivity contribution in [1.82, 2.24) is 5.32 Å². The summed E-state index contributed by atoms with van der Waals surface area (Å²) in [6, 6.07) is 21.5. The molecule has 0 amide bonds. The number of hydrogen-bond acceptors (Lipinski definition) is 3. The van der Waals surface area contributed by atoms with Gasteiger partial charge in [-0.2, -0.15) is 0 Å². The van der Waals surface area contributed by atoms with Gasteiger partial charge in [-0.05, 0) is 55.0 Å². The number of ether oxygens (including phenoxy) is 1. The molecule has 148 valence electrons. The molecule has 0 aromatic heterocycles. The van der Waals surface area contributed by atoms with Crippen molar-refractivity contribution in [3.05, 3.63) is 100 Å². The van der Waals surface area contributed by atoms with Gasteiger partial charge < -0.3 is 20.5 Å². The predicted octanol–water partition coefficient (Wildman–Crippen LogP) is 4.31. The second-order valence-corrected chi connectivity index (χ2v) is 7.70. The number of phenols is 1. The Hall–Kier alpha value is -2.95. The average molecular weight is 408 g/mol. The first-order valence-corrected chi connectivity index (χ1v) is 9.94. The van der Waals surface area contributed by atoms with Gasteiger partial charge >= 0.3 is 0 Å². The number of hydrogen-bond donors (Lipinski definition) is 3. The molecule has 1 heterocycles. The third-order valence-electron chi connectivity index (χ3n) is 5.24. The molecule has 5 heteroatoms. The minimum atomic E-state index is -0.0849. The van der Waals surface area contributed by atoms with Gasteiger partial charge in [0.15, 0.2) is 6.17 Å². The molecule has 0 radical (unpaired) electrons. The molecule has 0 saturated heterocycles. The van der Waals surface area contributed by atoms with E-state index >= 15 is 0 Å². The number of halogens is 1. The van der Waals surface area contributed by atoms with Crippen molar-refractivity contribution < 1.29 is 15.2 Å². The van der Waals surface area contributed by atoms with E-state index in [2.05, 4.69) is 47.9 Å². The maximum atomic E-state index is 10.5. The first-order valence-electron chi connectivity index (χ1n) is 9.56. The lowest BCUT2D eigenvalue weighted by Gasteiger charge is -2.30. The summed E-state index contributed by atoms with van der Waals surface area (Å²) < 4.78 is 5.28. The number of aryl methyl sites for hydroxylation is 1. The summed E-state index contributed by atoms with van der Waals surface area (Å²) in [7, 11) is 1.66. The number of rotatable bonds is 4. The molecule has 0 saturated carbocycles. The summed E-state index contributed by atoms with van der Waals surface area (Å²) in [4.78, 5) is 0. The van der Waals surface area contributed by atoms with Gasteiger partial charge in [-0.3, -0.25) is 0 Å². The molecule has 0 fully saturated rings. The molecule has 4 rings (SSSR count). The Kier molecular flexibility index (Phi) is 5.47. The lowest BCUT2D eigenvalue weighted by Crippen LogP contribution is -2.89. The molecule has 29 heavy (non-hydrogen) atoms. The van der Waals surface area contributed by atoms with Crippen molar-refractivity contribution in [2.24, 2.45) is 0 Å². The monoisotopic (exact) mass is 407 g/mol. The van der Waals surface area contributed by atoms with Crippen molar-refractivity contribution in [1.29, 1.82) is 0 Å². The number of quaternary nitrogens is 1. The molecule has 0 spiro atoms. The Labute approximate surface area is 175 Å². The van der Waals surface area contributed by atoms with Gasteiger partial charge in [0.25, 0.3) is 0 Å². The highest BCUT2D eigenvalue weighted by Gasteiger charge is 2.29. The van der Waals surface area contributed by atoms with E-state index < -0.39 is 0 Å². The maximum Gasteiger partial charge on any atom is 0.186 e. The molecular weight excluding hydrogens is 384 g/mol. The average Bonchev–Trinajstić information content (AvgIpc) is 2.75. The standard InChI is InChI=1S/C24H23ClN2O2/c1-15-3-5-17(6-4-15)24-26-21(16-7-10-19(29-2)11-8-16)14-22(27-24)20-13-18(25)9-12-23(20)28/h3-14,22,24,26-28H,1-2H3/p+1. The highest BCUT2D eigenvalue weighted by molar-refractivity contribution is 6.30. The summed E-state index contributed by atoms with van der Waals surface area (Å²) >= 11 is 6.22. The van der Waals surface area contributed by atoms with Crippen molar-refractivity contribution in [3.8, 4) is 11.5 Å². The smallest absolute Gasteiger partial charge is 0.186 e. The summed E-state index contributed by atoms with van der Waals surface area (Å²) in [6.07, 6.45) is 2.12. The van der Waals surface area contributed by atoms with Crippen molar-refractivity contribution in [3.63, 3.8) is 0 Å². The van der Waals surface area contributed by atoms with Gasteiger partial charge in [0.2, 0.25) is 0 Å². The molecule has 4 N–H and O–H groups in total. The molecule has 3 aromatic rings. The quantitative estimate of drug-likeness (QED) is 0.604. The Morgan fingerprint density at radius 2 is 1.72 bits per heavy atom. The first kappa shape index (κ1) is 19.4. The van der Waals surface area contributed by atoms with Crippen LogP contribution in [0.4, 0.5) is 0 Å². The van der Waals surface area contributed by atoms with Crippen LogP contribution >= 0.6 is 11.6 Å². The highest BCUT2D eigenvalue weighted by Crippen LogP contribution is 2.31. The number of phenolic OH excluding ortho intramolecular Hbond substituents is 1. The molecule has 4 nitrogen and oxygen atoms in total. The zero-order chi connectivity index (χ0) is 20.4. The van der Waals surface area contributed by atoms with Crippen LogP contribution in [-0.4, -0.2) is 12.2 Å². The minimum Gasteiger partial charge on any atom is -0.507 e. The molecule has 1 aliphatic rings. The van der Waals surface area contributed by atoms with Gasteiger partial charge in [0.05, 0.1) is 12.7 Å². The fraction of sp³-hybridized carbons (Fsp3) is 0.167. The lowest BCUT2D eigenvalue weighted by molar-refractivity contribution is -0.731. The third kappa shape index (κ3) is 4.24. The van der Waals surface area contributed by atoms with Crippen LogP contribution < -0.4 is 15.4 Å². The number of nitrogens with two attached hydrogens (primary N) is 1. The highest BCUT2D eigenvalue weighted by atomic mass is 35.5. The number of benzene rings is 3. The topological polar surface area (TPSA) is 58.1 Å². The zero-order valence-corrected chi connectivity index (χ0v) is 17.1. The van der Waals surface area contributed by atoms with Crippen LogP contribution in [0.1, 0.15) is 34.5 Å². The fourth-order valence-corrected chi connectivity index (χ4v) is 3.79. The van der Waals surface area contributed by atoms with E-state index in [9.17, 15) is 5.11 Å². The summed E-state index contributed by atoms with van der Waals surface area (Å²) in [5, 5.41) is 16.9.